The monoisotopic (exact) mass is 458 g/mol. The average Bonchev–Trinajstić information content (AvgIpc) is 3.13. The van der Waals surface area contributed by atoms with E-state index in [9.17, 15) is 17.8 Å². The lowest BCUT2D eigenvalue weighted by molar-refractivity contribution is 0.100. The molecule has 0 fully saturated rings. The maximum atomic E-state index is 12.1. The molecule has 8 nitrogen and oxygen atoms in total. The van der Waals surface area contributed by atoms with Gasteiger partial charge in [-0.3, -0.25) is 19.0 Å². The Kier molecular flexibility index (Phi) is 5.87. The van der Waals surface area contributed by atoms with Gasteiger partial charge in [0.2, 0.25) is 5.91 Å². The molecule has 1 atom stereocenters. The van der Waals surface area contributed by atoms with Gasteiger partial charge in [-0.15, -0.1) is 11.8 Å². The first kappa shape index (κ1) is 21.5. The van der Waals surface area contributed by atoms with Gasteiger partial charge >= 0.3 is 0 Å². The van der Waals surface area contributed by atoms with Gasteiger partial charge in [0, 0.05) is 41.4 Å². The molecular formula is C21H22N4O4S2. The number of aromatic nitrogens is 3. The highest BCUT2D eigenvalue weighted by atomic mass is 32.2. The molecule has 0 saturated carbocycles. The molecule has 0 bridgehead atoms. The van der Waals surface area contributed by atoms with Crippen LogP contribution in [0.3, 0.4) is 0 Å². The largest absolute Gasteiger partial charge is 0.366 e. The number of thioether (sulfide) groups is 1. The lowest BCUT2D eigenvalue weighted by Gasteiger charge is -2.17. The zero-order valence-corrected chi connectivity index (χ0v) is 18.5. The van der Waals surface area contributed by atoms with Crippen LogP contribution in [0, 0.1) is 0 Å². The van der Waals surface area contributed by atoms with Gasteiger partial charge in [-0.25, -0.2) is 0 Å². The highest BCUT2D eigenvalue weighted by Gasteiger charge is 2.30. The molecule has 0 saturated heterocycles. The molecule has 1 amide bonds. The number of carbonyl (C=O) groups excluding carboxylic acids is 1. The summed E-state index contributed by atoms with van der Waals surface area (Å²) in [6, 6.07) is 8.32. The van der Waals surface area contributed by atoms with Crippen LogP contribution >= 0.6 is 11.8 Å². The number of pyridine rings is 1. The topological polar surface area (TPSA) is 128 Å². The van der Waals surface area contributed by atoms with Crippen LogP contribution < -0.4 is 5.73 Å². The predicted octanol–water partition coefficient (Wildman–Crippen LogP) is 3.55. The predicted molar refractivity (Wildman–Crippen MR) is 119 cm³/mol. The SMILES string of the molecule is CCC(c1ccc(C(N)=O)cc1-c1nn2c(c1-c1ccncc1)SCCC2)S(=O)(=O)O. The van der Waals surface area contributed by atoms with E-state index in [4.69, 9.17) is 10.8 Å². The molecule has 3 N–H and O–H groups in total. The van der Waals surface area contributed by atoms with E-state index >= 15 is 0 Å². The van der Waals surface area contributed by atoms with E-state index < -0.39 is 21.3 Å². The Labute approximate surface area is 184 Å². The van der Waals surface area contributed by atoms with Crippen LogP contribution in [0.1, 0.15) is 40.9 Å². The summed E-state index contributed by atoms with van der Waals surface area (Å²) < 4.78 is 36.1. The molecule has 162 valence electrons. The number of nitrogens with zero attached hydrogens (tertiary/aromatic N) is 3. The first-order valence-corrected chi connectivity index (χ1v) is 12.3. The molecule has 10 heteroatoms. The van der Waals surface area contributed by atoms with Crippen molar-refractivity contribution in [3.63, 3.8) is 0 Å². The summed E-state index contributed by atoms with van der Waals surface area (Å²) in [7, 11) is -4.38. The number of carbonyl (C=O) groups is 1. The summed E-state index contributed by atoms with van der Waals surface area (Å²) in [5.41, 5.74) is 8.88. The minimum Gasteiger partial charge on any atom is -0.366 e. The maximum absolute atomic E-state index is 12.1. The van der Waals surface area contributed by atoms with Crippen LogP contribution in [0.25, 0.3) is 22.4 Å². The molecular weight excluding hydrogens is 436 g/mol. The zero-order valence-electron chi connectivity index (χ0n) is 16.9. The zero-order chi connectivity index (χ0) is 22.2. The molecule has 4 rings (SSSR count). The molecule has 1 aliphatic heterocycles. The third-order valence-electron chi connectivity index (χ3n) is 5.30. The summed E-state index contributed by atoms with van der Waals surface area (Å²) >= 11 is 1.68. The number of hydrogen-bond donors (Lipinski definition) is 2. The molecule has 0 aliphatic carbocycles. The van der Waals surface area contributed by atoms with Crippen molar-refractivity contribution < 1.29 is 17.8 Å². The van der Waals surface area contributed by atoms with Crippen molar-refractivity contribution in [1.29, 1.82) is 0 Å². The second-order valence-electron chi connectivity index (χ2n) is 7.27. The van der Waals surface area contributed by atoms with Crippen molar-refractivity contribution in [2.24, 2.45) is 5.73 Å². The van der Waals surface area contributed by atoms with Crippen LogP contribution in [-0.2, 0) is 16.7 Å². The van der Waals surface area contributed by atoms with E-state index in [-0.39, 0.29) is 12.0 Å². The quantitative estimate of drug-likeness (QED) is 0.541. The molecule has 2 aromatic heterocycles. The van der Waals surface area contributed by atoms with Gasteiger partial charge in [0.15, 0.2) is 0 Å². The van der Waals surface area contributed by atoms with Crippen molar-refractivity contribution in [2.45, 2.75) is 36.6 Å². The van der Waals surface area contributed by atoms with E-state index in [1.54, 1.807) is 43.2 Å². The van der Waals surface area contributed by atoms with E-state index in [1.165, 1.54) is 6.07 Å². The summed E-state index contributed by atoms with van der Waals surface area (Å²) in [6.45, 7) is 2.42. The Hall–Kier alpha value is -2.69. The number of hydrogen-bond acceptors (Lipinski definition) is 6. The number of fused-ring (bicyclic) bond motifs is 1. The molecule has 3 heterocycles. The standard InChI is InChI=1S/C21H22N4O4S2/c1-2-17(31(27,28)29)15-5-4-14(20(22)26)12-16(15)19-18(13-6-8-23-9-7-13)21-25(24-19)10-3-11-30-21/h4-9,12,17H,2-3,10-11H2,1H3,(H2,22,26)(H,27,28,29). The van der Waals surface area contributed by atoms with Crippen LogP contribution in [0.15, 0.2) is 47.8 Å². The second-order valence-corrected chi connectivity index (χ2v) is 9.95. The van der Waals surface area contributed by atoms with Gasteiger partial charge in [0.25, 0.3) is 10.1 Å². The molecule has 1 unspecified atom stereocenters. The smallest absolute Gasteiger partial charge is 0.272 e. The Bertz CT molecular complexity index is 1240. The minimum atomic E-state index is -4.38. The maximum Gasteiger partial charge on any atom is 0.272 e. The Morgan fingerprint density at radius 1 is 1.29 bits per heavy atom. The van der Waals surface area contributed by atoms with Gasteiger partial charge in [-0.2, -0.15) is 13.5 Å². The van der Waals surface area contributed by atoms with Gasteiger partial charge < -0.3 is 5.73 Å². The molecule has 0 radical (unpaired) electrons. The van der Waals surface area contributed by atoms with Gasteiger partial charge in [-0.05, 0) is 48.2 Å². The Balaban J connectivity index is 2.05. The van der Waals surface area contributed by atoms with Crippen molar-refractivity contribution in [2.75, 3.05) is 5.75 Å². The fourth-order valence-corrected chi connectivity index (χ4v) is 5.94. The molecule has 0 spiro atoms. The average molecular weight is 459 g/mol. The summed E-state index contributed by atoms with van der Waals surface area (Å²) in [5, 5.41) is 4.63. The number of rotatable bonds is 6. The first-order valence-electron chi connectivity index (χ1n) is 9.85. The normalized spacial score (nSPS) is 14.8. The highest BCUT2D eigenvalue weighted by molar-refractivity contribution is 7.99. The van der Waals surface area contributed by atoms with Crippen molar-refractivity contribution in [3.8, 4) is 22.4 Å². The lowest BCUT2D eigenvalue weighted by atomic mass is 9.94. The van der Waals surface area contributed by atoms with Gasteiger partial charge in [-0.1, -0.05) is 13.0 Å². The first-order chi connectivity index (χ1) is 14.8. The number of primary amides is 1. The third-order valence-corrected chi connectivity index (χ3v) is 7.79. The van der Waals surface area contributed by atoms with Crippen molar-refractivity contribution in [1.82, 2.24) is 14.8 Å². The number of amides is 1. The van der Waals surface area contributed by atoms with Crippen LogP contribution in [0.2, 0.25) is 0 Å². The van der Waals surface area contributed by atoms with Gasteiger partial charge in [0.1, 0.15) is 16.0 Å². The highest BCUT2D eigenvalue weighted by Crippen LogP contribution is 2.44. The van der Waals surface area contributed by atoms with Crippen molar-refractivity contribution >= 4 is 27.8 Å². The van der Waals surface area contributed by atoms with Crippen LogP contribution in [-0.4, -0.2) is 39.4 Å². The molecule has 1 aromatic carbocycles. The Morgan fingerprint density at radius 3 is 2.68 bits per heavy atom. The molecule has 31 heavy (non-hydrogen) atoms. The second kappa shape index (κ2) is 8.45. The third kappa shape index (κ3) is 4.10. The summed E-state index contributed by atoms with van der Waals surface area (Å²) in [5.74, 6) is 0.316. The van der Waals surface area contributed by atoms with Crippen molar-refractivity contribution in [3.05, 3.63) is 53.9 Å². The molecule has 1 aliphatic rings. The number of benzene rings is 1. The minimum absolute atomic E-state index is 0.161. The van der Waals surface area contributed by atoms with Crippen LogP contribution in [0.4, 0.5) is 0 Å². The Morgan fingerprint density at radius 2 is 2.03 bits per heavy atom. The van der Waals surface area contributed by atoms with E-state index in [0.29, 0.717) is 16.8 Å². The summed E-state index contributed by atoms with van der Waals surface area (Å²) in [4.78, 5) is 16.0. The van der Waals surface area contributed by atoms with E-state index in [2.05, 4.69) is 4.98 Å². The van der Waals surface area contributed by atoms with Gasteiger partial charge in [0.05, 0.1) is 0 Å². The van der Waals surface area contributed by atoms with E-state index in [0.717, 1.165) is 34.9 Å². The lowest BCUT2D eigenvalue weighted by Crippen LogP contribution is -2.15. The fourth-order valence-electron chi connectivity index (χ4n) is 3.88. The summed E-state index contributed by atoms with van der Waals surface area (Å²) in [6.07, 6.45) is 4.49. The molecule has 3 aromatic rings. The number of nitrogens with two attached hydrogens (primary N) is 1. The van der Waals surface area contributed by atoms with E-state index in [1.807, 2.05) is 16.8 Å². The number of aryl methyl sites for hydroxylation is 1. The van der Waals surface area contributed by atoms with Crippen LogP contribution in [0.5, 0.6) is 0 Å². The fraction of sp³-hybridized carbons (Fsp3) is 0.286.